The van der Waals surface area contributed by atoms with Crippen molar-refractivity contribution >= 4 is 0 Å². The second kappa shape index (κ2) is 12.4. The fourth-order valence-electron chi connectivity index (χ4n) is 2.69. The molecule has 0 aliphatic carbocycles. The third kappa shape index (κ3) is 9.64. The molecule has 0 radical (unpaired) electrons. The summed E-state index contributed by atoms with van der Waals surface area (Å²) in [5.41, 5.74) is 0. The highest BCUT2D eigenvalue weighted by Gasteiger charge is 2.13. The normalized spacial score (nSPS) is 14.8. The van der Waals surface area contributed by atoms with E-state index in [0.717, 1.165) is 12.0 Å². The Morgan fingerprint density at radius 3 is 1.88 bits per heavy atom. The minimum Gasteiger partial charge on any atom is -0.317 e. The first-order valence-electron chi connectivity index (χ1n) is 7.93. The average Bonchev–Trinajstić information content (AvgIpc) is 2.33. The summed E-state index contributed by atoms with van der Waals surface area (Å²) in [4.78, 5) is 0. The SMILES string of the molecule is CCCCCCCCCC(NC)C(C)CCC. The lowest BCUT2D eigenvalue weighted by Gasteiger charge is -2.23. The van der Waals surface area contributed by atoms with E-state index in [4.69, 9.17) is 0 Å². The first kappa shape index (κ1) is 17.0. The van der Waals surface area contributed by atoms with Gasteiger partial charge in [0.25, 0.3) is 0 Å². The molecule has 0 spiro atoms. The summed E-state index contributed by atoms with van der Waals surface area (Å²) in [7, 11) is 2.12. The Kier molecular flexibility index (Phi) is 12.4. The topological polar surface area (TPSA) is 12.0 Å². The van der Waals surface area contributed by atoms with Gasteiger partial charge in [0.15, 0.2) is 0 Å². The first-order chi connectivity index (χ1) is 8.26. The van der Waals surface area contributed by atoms with Crippen molar-refractivity contribution in [3.63, 3.8) is 0 Å². The van der Waals surface area contributed by atoms with Gasteiger partial charge < -0.3 is 5.32 Å². The van der Waals surface area contributed by atoms with E-state index in [1.165, 1.54) is 64.2 Å². The number of hydrogen-bond acceptors (Lipinski definition) is 1. The predicted molar refractivity (Wildman–Crippen MR) is 79.5 cm³/mol. The van der Waals surface area contributed by atoms with E-state index in [2.05, 4.69) is 33.1 Å². The number of unbranched alkanes of at least 4 members (excludes halogenated alkanes) is 6. The molecule has 17 heavy (non-hydrogen) atoms. The van der Waals surface area contributed by atoms with Gasteiger partial charge in [-0.1, -0.05) is 72.1 Å². The molecule has 0 aromatic carbocycles. The molecular weight excluding hydrogens is 206 g/mol. The quantitative estimate of drug-likeness (QED) is 0.466. The minimum atomic E-state index is 0.741. The summed E-state index contributed by atoms with van der Waals surface area (Å²) < 4.78 is 0. The van der Waals surface area contributed by atoms with Gasteiger partial charge in [-0.3, -0.25) is 0 Å². The standard InChI is InChI=1S/C16H35N/c1-5-7-8-9-10-11-12-14-16(17-4)15(3)13-6-2/h15-17H,5-14H2,1-4H3. The molecule has 0 saturated carbocycles. The van der Waals surface area contributed by atoms with E-state index >= 15 is 0 Å². The summed E-state index contributed by atoms with van der Waals surface area (Å²) in [5, 5.41) is 3.50. The minimum absolute atomic E-state index is 0.741. The summed E-state index contributed by atoms with van der Waals surface area (Å²) in [6.45, 7) is 6.97. The zero-order chi connectivity index (χ0) is 12.9. The monoisotopic (exact) mass is 241 g/mol. The second-order valence-corrected chi connectivity index (χ2v) is 5.57. The molecule has 1 heteroatoms. The van der Waals surface area contributed by atoms with Crippen LogP contribution in [0.2, 0.25) is 0 Å². The van der Waals surface area contributed by atoms with Crippen molar-refractivity contribution in [2.24, 2.45) is 5.92 Å². The van der Waals surface area contributed by atoms with Gasteiger partial charge in [-0.25, -0.2) is 0 Å². The molecule has 2 atom stereocenters. The van der Waals surface area contributed by atoms with Crippen molar-refractivity contribution in [1.29, 1.82) is 0 Å². The summed E-state index contributed by atoms with van der Waals surface area (Å²) in [6, 6.07) is 0.741. The van der Waals surface area contributed by atoms with Gasteiger partial charge in [0.05, 0.1) is 0 Å². The van der Waals surface area contributed by atoms with E-state index < -0.39 is 0 Å². The van der Waals surface area contributed by atoms with Gasteiger partial charge >= 0.3 is 0 Å². The number of hydrogen-bond donors (Lipinski definition) is 1. The molecule has 0 heterocycles. The smallest absolute Gasteiger partial charge is 0.00896 e. The summed E-state index contributed by atoms with van der Waals surface area (Å²) in [5.74, 6) is 0.838. The Bertz CT molecular complexity index is 144. The van der Waals surface area contributed by atoms with Crippen LogP contribution in [0.15, 0.2) is 0 Å². The predicted octanol–water partition coefficient (Wildman–Crippen LogP) is 5.15. The van der Waals surface area contributed by atoms with Gasteiger partial charge in [0, 0.05) is 6.04 Å². The van der Waals surface area contributed by atoms with Crippen LogP contribution in [-0.4, -0.2) is 13.1 Å². The maximum absolute atomic E-state index is 3.50. The van der Waals surface area contributed by atoms with E-state index in [1.807, 2.05) is 0 Å². The summed E-state index contributed by atoms with van der Waals surface area (Å²) >= 11 is 0. The van der Waals surface area contributed by atoms with Crippen LogP contribution < -0.4 is 5.32 Å². The van der Waals surface area contributed by atoms with E-state index in [1.54, 1.807) is 0 Å². The Morgan fingerprint density at radius 2 is 1.35 bits per heavy atom. The van der Waals surface area contributed by atoms with Crippen LogP contribution in [0.5, 0.6) is 0 Å². The van der Waals surface area contributed by atoms with Crippen LogP contribution in [0.1, 0.15) is 85.0 Å². The highest BCUT2D eigenvalue weighted by molar-refractivity contribution is 4.71. The van der Waals surface area contributed by atoms with Gasteiger partial charge in [-0.05, 0) is 25.8 Å². The fourth-order valence-corrected chi connectivity index (χ4v) is 2.69. The molecule has 104 valence electrons. The lowest BCUT2D eigenvalue weighted by Crippen LogP contribution is -2.31. The Labute approximate surface area is 110 Å². The Hall–Kier alpha value is -0.0400. The fraction of sp³-hybridized carbons (Fsp3) is 1.00. The second-order valence-electron chi connectivity index (χ2n) is 5.57. The van der Waals surface area contributed by atoms with E-state index in [-0.39, 0.29) is 0 Å². The molecule has 0 aliphatic heterocycles. The van der Waals surface area contributed by atoms with Crippen molar-refractivity contribution in [3.05, 3.63) is 0 Å². The van der Waals surface area contributed by atoms with Crippen LogP contribution in [0.4, 0.5) is 0 Å². The lowest BCUT2D eigenvalue weighted by molar-refractivity contribution is 0.344. The van der Waals surface area contributed by atoms with Gasteiger partial charge in [0.2, 0.25) is 0 Å². The molecule has 0 saturated heterocycles. The van der Waals surface area contributed by atoms with Gasteiger partial charge in [0.1, 0.15) is 0 Å². The van der Waals surface area contributed by atoms with Crippen molar-refractivity contribution < 1.29 is 0 Å². The molecule has 0 fully saturated rings. The molecule has 0 bridgehead atoms. The highest BCUT2D eigenvalue weighted by atomic mass is 14.9. The van der Waals surface area contributed by atoms with Gasteiger partial charge in [-0.2, -0.15) is 0 Å². The maximum atomic E-state index is 3.50. The number of rotatable bonds is 12. The third-order valence-electron chi connectivity index (χ3n) is 3.92. The first-order valence-corrected chi connectivity index (χ1v) is 7.93. The van der Waals surface area contributed by atoms with Crippen molar-refractivity contribution in [2.45, 2.75) is 91.0 Å². The van der Waals surface area contributed by atoms with Gasteiger partial charge in [-0.15, -0.1) is 0 Å². The average molecular weight is 241 g/mol. The van der Waals surface area contributed by atoms with Crippen molar-refractivity contribution in [2.75, 3.05) is 7.05 Å². The van der Waals surface area contributed by atoms with Crippen molar-refractivity contribution in [1.82, 2.24) is 5.32 Å². The molecule has 0 aromatic rings. The Balaban J connectivity index is 3.43. The molecule has 0 aliphatic rings. The summed E-state index contributed by atoms with van der Waals surface area (Å²) in [6.07, 6.45) is 14.0. The molecule has 0 rings (SSSR count). The zero-order valence-corrected chi connectivity index (χ0v) is 12.7. The van der Waals surface area contributed by atoms with Crippen molar-refractivity contribution in [3.8, 4) is 0 Å². The zero-order valence-electron chi connectivity index (χ0n) is 12.7. The van der Waals surface area contributed by atoms with Crippen LogP contribution in [-0.2, 0) is 0 Å². The largest absolute Gasteiger partial charge is 0.317 e. The van der Waals surface area contributed by atoms with Crippen LogP contribution in [0.25, 0.3) is 0 Å². The van der Waals surface area contributed by atoms with Crippen LogP contribution in [0.3, 0.4) is 0 Å². The van der Waals surface area contributed by atoms with E-state index in [9.17, 15) is 0 Å². The van der Waals surface area contributed by atoms with Crippen LogP contribution in [0, 0.1) is 5.92 Å². The van der Waals surface area contributed by atoms with Crippen LogP contribution >= 0.6 is 0 Å². The number of nitrogens with one attached hydrogen (secondary N) is 1. The molecule has 0 amide bonds. The molecular formula is C16H35N. The highest BCUT2D eigenvalue weighted by Crippen LogP contribution is 2.17. The van der Waals surface area contributed by atoms with E-state index in [0.29, 0.717) is 0 Å². The maximum Gasteiger partial charge on any atom is 0.00896 e. The lowest BCUT2D eigenvalue weighted by atomic mass is 9.92. The molecule has 1 N–H and O–H groups in total. The Morgan fingerprint density at radius 1 is 0.765 bits per heavy atom. The molecule has 0 aromatic heterocycles. The molecule has 1 nitrogen and oxygen atoms in total. The molecule has 2 unspecified atom stereocenters. The third-order valence-corrected chi connectivity index (χ3v) is 3.92.